The van der Waals surface area contributed by atoms with Crippen LogP contribution in [0, 0.1) is 0 Å². The van der Waals surface area contributed by atoms with E-state index < -0.39 is 0 Å². The molecule has 2 N–H and O–H groups in total. The number of benzene rings is 1. The molecule has 0 aliphatic heterocycles. The first-order valence-electron chi connectivity index (χ1n) is 6.75. The van der Waals surface area contributed by atoms with E-state index in [0.717, 1.165) is 11.0 Å². The molecule has 0 saturated carbocycles. The van der Waals surface area contributed by atoms with Crippen LogP contribution >= 0.6 is 0 Å². The first-order chi connectivity index (χ1) is 10.6. The standard InChI is InChI=1S/C15H15N5O2/c1-19-8-4-7-13(19)15(22)18-17-14(21)9-20-10-16-11-5-2-3-6-12(11)20/h2-8,10H,9H2,1H3,(H,17,21)(H,18,22). The molecular formula is C15H15N5O2. The Labute approximate surface area is 126 Å². The summed E-state index contributed by atoms with van der Waals surface area (Å²) in [5.74, 6) is -0.693. The number of hydrogen-bond donors (Lipinski definition) is 2. The molecule has 0 saturated heterocycles. The Hall–Kier alpha value is -3.09. The summed E-state index contributed by atoms with van der Waals surface area (Å²) in [6.07, 6.45) is 3.36. The maximum absolute atomic E-state index is 11.9. The van der Waals surface area contributed by atoms with Crippen LogP contribution in [0.1, 0.15) is 10.5 Å². The Morgan fingerprint density at radius 1 is 1.14 bits per heavy atom. The molecule has 2 aromatic heterocycles. The molecule has 2 amide bonds. The van der Waals surface area contributed by atoms with Gasteiger partial charge in [-0.2, -0.15) is 0 Å². The van der Waals surface area contributed by atoms with Crippen LogP contribution < -0.4 is 10.9 Å². The SMILES string of the molecule is Cn1cccc1C(=O)NNC(=O)Cn1cnc2ccccc21. The molecule has 0 spiro atoms. The van der Waals surface area contributed by atoms with Gasteiger partial charge in [-0.05, 0) is 24.3 Å². The largest absolute Gasteiger partial charge is 0.347 e. The predicted octanol–water partition coefficient (Wildman–Crippen LogP) is 0.836. The molecule has 0 radical (unpaired) electrons. The van der Waals surface area contributed by atoms with Crippen LogP contribution in [0.2, 0.25) is 0 Å². The quantitative estimate of drug-likeness (QED) is 0.703. The summed E-state index contributed by atoms with van der Waals surface area (Å²) in [5.41, 5.74) is 6.95. The molecule has 7 heteroatoms. The fraction of sp³-hybridized carbons (Fsp3) is 0.133. The lowest BCUT2D eigenvalue weighted by Gasteiger charge is -2.09. The third-order valence-electron chi connectivity index (χ3n) is 3.33. The van der Waals surface area contributed by atoms with Gasteiger partial charge in [0.1, 0.15) is 12.2 Å². The van der Waals surface area contributed by atoms with Gasteiger partial charge in [0, 0.05) is 13.2 Å². The number of para-hydroxylation sites is 2. The Kier molecular flexibility index (Phi) is 3.61. The van der Waals surface area contributed by atoms with Gasteiger partial charge >= 0.3 is 0 Å². The van der Waals surface area contributed by atoms with Crippen molar-refractivity contribution in [2.75, 3.05) is 0 Å². The number of aromatic nitrogens is 3. The molecular weight excluding hydrogens is 282 g/mol. The summed E-state index contributed by atoms with van der Waals surface area (Å²) < 4.78 is 3.39. The zero-order valence-corrected chi connectivity index (χ0v) is 12.0. The smallest absolute Gasteiger partial charge is 0.286 e. The summed E-state index contributed by atoms with van der Waals surface area (Å²) in [6, 6.07) is 11.0. The molecule has 3 rings (SSSR count). The second-order valence-corrected chi connectivity index (χ2v) is 4.87. The number of rotatable bonds is 3. The van der Waals surface area contributed by atoms with Crippen molar-refractivity contribution in [2.24, 2.45) is 7.05 Å². The van der Waals surface area contributed by atoms with Gasteiger partial charge in [0.05, 0.1) is 17.4 Å². The zero-order chi connectivity index (χ0) is 15.5. The predicted molar refractivity (Wildman–Crippen MR) is 80.8 cm³/mol. The van der Waals surface area contributed by atoms with Gasteiger partial charge in [0.2, 0.25) is 0 Å². The van der Waals surface area contributed by atoms with E-state index in [4.69, 9.17) is 0 Å². The summed E-state index contributed by atoms with van der Waals surface area (Å²) in [4.78, 5) is 28.0. The first-order valence-corrected chi connectivity index (χ1v) is 6.75. The van der Waals surface area contributed by atoms with Crippen LogP contribution in [0.25, 0.3) is 11.0 Å². The lowest BCUT2D eigenvalue weighted by atomic mass is 10.3. The second kappa shape index (κ2) is 5.72. The van der Waals surface area contributed by atoms with Gasteiger partial charge in [-0.1, -0.05) is 12.1 Å². The fourth-order valence-corrected chi connectivity index (χ4v) is 2.22. The van der Waals surface area contributed by atoms with Gasteiger partial charge < -0.3 is 9.13 Å². The summed E-state index contributed by atoms with van der Waals surface area (Å²) >= 11 is 0. The van der Waals surface area contributed by atoms with Crippen LogP contribution in [0.15, 0.2) is 48.9 Å². The van der Waals surface area contributed by atoms with Crippen LogP contribution in [-0.2, 0) is 18.4 Å². The minimum Gasteiger partial charge on any atom is -0.347 e. The van der Waals surface area contributed by atoms with Crippen molar-refractivity contribution in [2.45, 2.75) is 6.54 Å². The summed E-state index contributed by atoms with van der Waals surface area (Å²) in [7, 11) is 1.76. The van der Waals surface area contributed by atoms with E-state index in [1.165, 1.54) is 0 Å². The summed E-state index contributed by atoms with van der Waals surface area (Å²) in [6.45, 7) is 0.0773. The highest BCUT2D eigenvalue weighted by Crippen LogP contribution is 2.11. The second-order valence-electron chi connectivity index (χ2n) is 4.87. The van der Waals surface area contributed by atoms with Crippen molar-refractivity contribution in [1.29, 1.82) is 0 Å². The number of hydrazine groups is 1. The molecule has 0 unspecified atom stereocenters. The normalized spacial score (nSPS) is 10.6. The minimum absolute atomic E-state index is 0.0773. The van der Waals surface area contributed by atoms with Crippen LogP contribution in [0.3, 0.4) is 0 Å². The number of imidazole rings is 1. The van der Waals surface area contributed by atoms with Crippen molar-refractivity contribution >= 4 is 22.8 Å². The monoisotopic (exact) mass is 297 g/mol. The van der Waals surface area contributed by atoms with Gasteiger partial charge in [-0.3, -0.25) is 20.4 Å². The molecule has 3 aromatic rings. The Morgan fingerprint density at radius 2 is 1.95 bits per heavy atom. The van der Waals surface area contributed by atoms with E-state index in [-0.39, 0.29) is 18.4 Å². The number of nitrogens with zero attached hydrogens (tertiary/aromatic N) is 3. The van der Waals surface area contributed by atoms with E-state index in [2.05, 4.69) is 15.8 Å². The maximum Gasteiger partial charge on any atom is 0.286 e. The van der Waals surface area contributed by atoms with Crippen molar-refractivity contribution in [3.63, 3.8) is 0 Å². The Morgan fingerprint density at radius 3 is 2.73 bits per heavy atom. The number of amides is 2. The van der Waals surface area contributed by atoms with Gasteiger partial charge in [-0.25, -0.2) is 4.98 Å². The van der Waals surface area contributed by atoms with Crippen molar-refractivity contribution in [3.05, 3.63) is 54.6 Å². The van der Waals surface area contributed by atoms with Crippen LogP contribution in [0.4, 0.5) is 0 Å². The lowest BCUT2D eigenvalue weighted by molar-refractivity contribution is -0.122. The topological polar surface area (TPSA) is 81.0 Å². The number of nitrogens with one attached hydrogen (secondary N) is 2. The van der Waals surface area contributed by atoms with E-state index in [1.807, 2.05) is 24.3 Å². The molecule has 0 bridgehead atoms. The molecule has 7 nitrogen and oxygen atoms in total. The fourth-order valence-electron chi connectivity index (χ4n) is 2.22. The van der Waals surface area contributed by atoms with Gasteiger partial charge in [0.25, 0.3) is 11.8 Å². The van der Waals surface area contributed by atoms with Crippen molar-refractivity contribution < 1.29 is 9.59 Å². The molecule has 22 heavy (non-hydrogen) atoms. The minimum atomic E-state index is -0.365. The average Bonchev–Trinajstić information content (AvgIpc) is 3.12. The van der Waals surface area contributed by atoms with E-state index in [1.54, 1.807) is 40.8 Å². The molecule has 0 aliphatic rings. The molecule has 0 aliphatic carbocycles. The first kappa shape index (κ1) is 13.9. The number of fused-ring (bicyclic) bond motifs is 1. The van der Waals surface area contributed by atoms with Crippen molar-refractivity contribution in [3.8, 4) is 0 Å². The number of carbonyl (C=O) groups excluding carboxylic acids is 2. The molecule has 0 atom stereocenters. The highest BCUT2D eigenvalue weighted by Gasteiger charge is 2.11. The zero-order valence-electron chi connectivity index (χ0n) is 12.0. The van der Waals surface area contributed by atoms with Gasteiger partial charge in [0.15, 0.2) is 0 Å². The van der Waals surface area contributed by atoms with E-state index in [9.17, 15) is 9.59 Å². The van der Waals surface area contributed by atoms with Crippen LogP contribution in [0.5, 0.6) is 0 Å². The van der Waals surface area contributed by atoms with Crippen LogP contribution in [-0.4, -0.2) is 25.9 Å². The maximum atomic E-state index is 11.9. The third kappa shape index (κ3) is 2.69. The third-order valence-corrected chi connectivity index (χ3v) is 3.33. The molecule has 1 aromatic carbocycles. The average molecular weight is 297 g/mol. The Balaban J connectivity index is 1.61. The molecule has 0 fully saturated rings. The highest BCUT2D eigenvalue weighted by molar-refractivity contribution is 5.94. The molecule has 2 heterocycles. The number of carbonyl (C=O) groups is 2. The van der Waals surface area contributed by atoms with Crippen molar-refractivity contribution in [1.82, 2.24) is 25.0 Å². The van der Waals surface area contributed by atoms with E-state index in [0.29, 0.717) is 5.69 Å². The molecule has 112 valence electrons. The lowest BCUT2D eigenvalue weighted by Crippen LogP contribution is -2.43. The van der Waals surface area contributed by atoms with E-state index >= 15 is 0 Å². The van der Waals surface area contributed by atoms with Gasteiger partial charge in [-0.15, -0.1) is 0 Å². The summed E-state index contributed by atoms with van der Waals surface area (Å²) in [5, 5.41) is 0. The highest BCUT2D eigenvalue weighted by atomic mass is 16.2. The number of aryl methyl sites for hydroxylation is 1. The Bertz CT molecular complexity index is 833. The number of hydrogen-bond acceptors (Lipinski definition) is 3.